The molecule has 0 heterocycles. The zero-order chi connectivity index (χ0) is 11.4. The fraction of sp³-hybridized carbons (Fsp3) is 0.364. The van der Waals surface area contributed by atoms with Crippen molar-refractivity contribution in [3.8, 4) is 5.75 Å². The first-order valence-electron chi connectivity index (χ1n) is 4.76. The molecular weight excluding hydrogens is 194 g/mol. The van der Waals surface area contributed by atoms with Crippen molar-refractivity contribution in [3.05, 3.63) is 23.8 Å². The van der Waals surface area contributed by atoms with Gasteiger partial charge in [0, 0.05) is 5.69 Å². The Morgan fingerprint density at radius 1 is 1.53 bits per heavy atom. The first kappa shape index (κ1) is 11.4. The maximum Gasteiger partial charge on any atom is 0.307 e. The lowest BCUT2D eigenvalue weighted by Crippen LogP contribution is -2.08. The zero-order valence-corrected chi connectivity index (χ0v) is 8.86. The Labute approximate surface area is 88.7 Å². The second-order valence-corrected chi connectivity index (χ2v) is 3.60. The molecule has 0 aliphatic carbocycles. The number of carboxylic acids is 1. The van der Waals surface area contributed by atoms with Gasteiger partial charge in [-0.05, 0) is 37.6 Å². The molecule has 0 radical (unpaired) electrons. The van der Waals surface area contributed by atoms with Gasteiger partial charge in [-0.15, -0.1) is 0 Å². The van der Waals surface area contributed by atoms with Gasteiger partial charge in [0.1, 0.15) is 5.75 Å². The van der Waals surface area contributed by atoms with Gasteiger partial charge >= 0.3 is 5.97 Å². The van der Waals surface area contributed by atoms with E-state index in [1.54, 1.807) is 18.2 Å². The van der Waals surface area contributed by atoms with Crippen LogP contribution in [0.1, 0.15) is 19.4 Å². The average Bonchev–Trinajstić information content (AvgIpc) is 2.09. The first-order valence-corrected chi connectivity index (χ1v) is 4.76. The minimum Gasteiger partial charge on any atom is -0.491 e. The molecule has 0 unspecified atom stereocenters. The van der Waals surface area contributed by atoms with E-state index in [1.807, 2.05) is 13.8 Å². The number of carbonyl (C=O) groups is 1. The molecule has 4 heteroatoms. The number of nitrogens with two attached hydrogens (primary N) is 1. The second-order valence-electron chi connectivity index (χ2n) is 3.60. The van der Waals surface area contributed by atoms with Gasteiger partial charge in [-0.2, -0.15) is 0 Å². The van der Waals surface area contributed by atoms with Crippen LogP contribution in [-0.4, -0.2) is 17.2 Å². The summed E-state index contributed by atoms with van der Waals surface area (Å²) in [6.07, 6.45) is -0.0208. The van der Waals surface area contributed by atoms with Crippen LogP contribution in [0.5, 0.6) is 5.75 Å². The standard InChI is InChI=1S/C11H15NO3/c1-7(2)15-9-3-4-10(12)8(5-9)6-11(13)14/h3-5,7H,6,12H2,1-2H3,(H,13,14). The molecular formula is C11H15NO3. The molecule has 1 aromatic rings. The van der Waals surface area contributed by atoms with Crippen molar-refractivity contribution in [2.24, 2.45) is 0 Å². The fourth-order valence-corrected chi connectivity index (χ4v) is 1.24. The lowest BCUT2D eigenvalue weighted by atomic mass is 10.1. The number of anilines is 1. The second kappa shape index (κ2) is 4.68. The largest absolute Gasteiger partial charge is 0.491 e. The van der Waals surface area contributed by atoms with E-state index < -0.39 is 5.97 Å². The number of aliphatic carboxylic acids is 1. The topological polar surface area (TPSA) is 72.5 Å². The Morgan fingerprint density at radius 2 is 2.20 bits per heavy atom. The predicted molar refractivity (Wildman–Crippen MR) is 58.0 cm³/mol. The van der Waals surface area contributed by atoms with Gasteiger partial charge in [-0.25, -0.2) is 0 Å². The Hall–Kier alpha value is -1.71. The number of benzene rings is 1. The van der Waals surface area contributed by atoms with Crippen LogP contribution >= 0.6 is 0 Å². The Bertz CT molecular complexity index is 361. The third-order valence-electron chi connectivity index (χ3n) is 1.83. The third-order valence-corrected chi connectivity index (χ3v) is 1.83. The molecule has 0 bridgehead atoms. The minimum absolute atomic E-state index is 0.0614. The van der Waals surface area contributed by atoms with E-state index in [2.05, 4.69) is 0 Å². The van der Waals surface area contributed by atoms with Crippen molar-refractivity contribution in [2.75, 3.05) is 5.73 Å². The van der Waals surface area contributed by atoms with Crippen LogP contribution in [0.3, 0.4) is 0 Å². The van der Waals surface area contributed by atoms with Crippen molar-refractivity contribution in [3.63, 3.8) is 0 Å². The van der Waals surface area contributed by atoms with E-state index >= 15 is 0 Å². The zero-order valence-electron chi connectivity index (χ0n) is 8.86. The van der Waals surface area contributed by atoms with Crippen molar-refractivity contribution >= 4 is 11.7 Å². The molecule has 0 aliphatic rings. The number of nitrogen functional groups attached to an aromatic ring is 1. The minimum atomic E-state index is -0.900. The average molecular weight is 209 g/mol. The maximum atomic E-state index is 10.6. The molecule has 0 amide bonds. The van der Waals surface area contributed by atoms with E-state index in [-0.39, 0.29) is 12.5 Å². The molecule has 1 aromatic carbocycles. The summed E-state index contributed by atoms with van der Waals surface area (Å²) in [7, 11) is 0. The van der Waals surface area contributed by atoms with Crippen molar-refractivity contribution < 1.29 is 14.6 Å². The Kier molecular flexibility index (Phi) is 3.55. The van der Waals surface area contributed by atoms with Crippen LogP contribution in [-0.2, 0) is 11.2 Å². The Morgan fingerprint density at radius 3 is 2.73 bits per heavy atom. The van der Waals surface area contributed by atoms with Crippen molar-refractivity contribution in [1.29, 1.82) is 0 Å². The fourth-order valence-electron chi connectivity index (χ4n) is 1.24. The van der Waals surface area contributed by atoms with Gasteiger partial charge in [0.15, 0.2) is 0 Å². The molecule has 3 N–H and O–H groups in total. The summed E-state index contributed by atoms with van der Waals surface area (Å²) >= 11 is 0. The molecule has 4 nitrogen and oxygen atoms in total. The molecule has 82 valence electrons. The summed E-state index contributed by atoms with van der Waals surface area (Å²) in [5.41, 5.74) is 6.71. The van der Waals surface area contributed by atoms with Gasteiger partial charge in [-0.1, -0.05) is 0 Å². The molecule has 0 aromatic heterocycles. The van der Waals surface area contributed by atoms with Gasteiger partial charge in [0.05, 0.1) is 12.5 Å². The predicted octanol–water partition coefficient (Wildman–Crippen LogP) is 1.68. The van der Waals surface area contributed by atoms with Crippen LogP contribution in [0.25, 0.3) is 0 Å². The highest BCUT2D eigenvalue weighted by molar-refractivity contribution is 5.73. The SMILES string of the molecule is CC(C)Oc1ccc(N)c(CC(=O)O)c1. The molecule has 1 rings (SSSR count). The van der Waals surface area contributed by atoms with E-state index in [1.165, 1.54) is 0 Å². The summed E-state index contributed by atoms with van der Waals surface area (Å²) in [4.78, 5) is 10.6. The summed E-state index contributed by atoms with van der Waals surface area (Å²) in [5.74, 6) is -0.251. The first-order chi connectivity index (χ1) is 6.99. The summed E-state index contributed by atoms with van der Waals surface area (Å²) < 4.78 is 5.44. The molecule has 0 aliphatic heterocycles. The molecule has 0 fully saturated rings. The molecule has 0 saturated carbocycles. The van der Waals surface area contributed by atoms with E-state index in [0.717, 1.165) is 0 Å². The Balaban J connectivity index is 2.89. The van der Waals surface area contributed by atoms with Crippen LogP contribution < -0.4 is 10.5 Å². The lowest BCUT2D eigenvalue weighted by molar-refractivity contribution is -0.136. The maximum absolute atomic E-state index is 10.6. The van der Waals surface area contributed by atoms with Gasteiger partial charge in [0.2, 0.25) is 0 Å². The normalized spacial score (nSPS) is 10.3. The smallest absolute Gasteiger partial charge is 0.307 e. The monoisotopic (exact) mass is 209 g/mol. The van der Waals surface area contributed by atoms with Gasteiger partial charge < -0.3 is 15.6 Å². The van der Waals surface area contributed by atoms with E-state index in [0.29, 0.717) is 17.0 Å². The van der Waals surface area contributed by atoms with Crippen LogP contribution in [0.2, 0.25) is 0 Å². The third kappa shape index (κ3) is 3.50. The summed E-state index contributed by atoms with van der Waals surface area (Å²) in [6, 6.07) is 5.07. The molecule has 0 atom stereocenters. The van der Waals surface area contributed by atoms with Crippen LogP contribution in [0, 0.1) is 0 Å². The highest BCUT2D eigenvalue weighted by Crippen LogP contribution is 2.21. The number of carboxylic acid groups (broad SMARTS) is 1. The molecule has 15 heavy (non-hydrogen) atoms. The van der Waals surface area contributed by atoms with Crippen LogP contribution in [0.15, 0.2) is 18.2 Å². The number of rotatable bonds is 4. The van der Waals surface area contributed by atoms with E-state index in [9.17, 15) is 4.79 Å². The highest BCUT2D eigenvalue weighted by Gasteiger charge is 2.07. The van der Waals surface area contributed by atoms with Crippen molar-refractivity contribution in [1.82, 2.24) is 0 Å². The number of hydrogen-bond acceptors (Lipinski definition) is 3. The lowest BCUT2D eigenvalue weighted by Gasteiger charge is -2.11. The highest BCUT2D eigenvalue weighted by atomic mass is 16.5. The van der Waals surface area contributed by atoms with Crippen molar-refractivity contribution in [2.45, 2.75) is 26.4 Å². The number of ether oxygens (including phenoxy) is 1. The van der Waals surface area contributed by atoms with Crippen LogP contribution in [0.4, 0.5) is 5.69 Å². The van der Waals surface area contributed by atoms with E-state index in [4.69, 9.17) is 15.6 Å². The molecule has 0 saturated heterocycles. The summed E-state index contributed by atoms with van der Waals surface area (Å²) in [5, 5.41) is 8.67. The van der Waals surface area contributed by atoms with Gasteiger partial charge in [-0.3, -0.25) is 4.79 Å². The van der Waals surface area contributed by atoms with Gasteiger partial charge in [0.25, 0.3) is 0 Å². The number of hydrogen-bond donors (Lipinski definition) is 2. The quantitative estimate of drug-likeness (QED) is 0.740. The molecule has 0 spiro atoms. The summed E-state index contributed by atoms with van der Waals surface area (Å²) in [6.45, 7) is 3.82.